The molecule has 0 aliphatic heterocycles. The first-order valence-electron chi connectivity index (χ1n) is 10.3. The summed E-state index contributed by atoms with van der Waals surface area (Å²) in [4.78, 5) is 0. The van der Waals surface area contributed by atoms with E-state index in [0.717, 1.165) is 5.92 Å². The molecule has 0 heterocycles. The van der Waals surface area contributed by atoms with E-state index in [0.29, 0.717) is 16.2 Å². The van der Waals surface area contributed by atoms with E-state index in [-0.39, 0.29) is 5.41 Å². The van der Waals surface area contributed by atoms with E-state index in [1.807, 2.05) is 0 Å². The summed E-state index contributed by atoms with van der Waals surface area (Å²) < 4.78 is 0. The summed E-state index contributed by atoms with van der Waals surface area (Å²) in [7, 11) is 0. The molecule has 0 fully saturated rings. The monoisotopic (exact) mass is 336 g/mol. The van der Waals surface area contributed by atoms with Crippen molar-refractivity contribution >= 4 is 0 Å². The molecule has 0 radical (unpaired) electrons. The topological polar surface area (TPSA) is 0 Å². The number of hydrogen-bond donors (Lipinski definition) is 0. The molecule has 0 aromatic rings. The molecule has 0 N–H and O–H groups in total. The van der Waals surface area contributed by atoms with E-state index in [9.17, 15) is 0 Å². The molecule has 0 bridgehead atoms. The van der Waals surface area contributed by atoms with Crippen LogP contribution >= 0.6 is 0 Å². The average molecular weight is 337 g/mol. The van der Waals surface area contributed by atoms with Gasteiger partial charge in [0.1, 0.15) is 0 Å². The molecule has 0 saturated heterocycles. The predicted octanol–water partition coefficient (Wildman–Crippen LogP) is 8.66. The van der Waals surface area contributed by atoms with E-state index in [4.69, 9.17) is 0 Å². The zero-order valence-corrected chi connectivity index (χ0v) is 19.2. The Labute approximate surface area is 154 Å². The molecular formula is C24H48. The van der Waals surface area contributed by atoms with Crippen LogP contribution in [-0.4, -0.2) is 0 Å². The Kier molecular flexibility index (Phi) is 8.32. The predicted molar refractivity (Wildman–Crippen MR) is 112 cm³/mol. The van der Waals surface area contributed by atoms with E-state index in [1.54, 1.807) is 5.57 Å². The Balaban J connectivity index is 5.01. The highest BCUT2D eigenvalue weighted by Crippen LogP contribution is 2.50. The molecule has 0 aromatic carbocycles. The second kappa shape index (κ2) is 8.41. The molecular weight excluding hydrogens is 288 g/mol. The van der Waals surface area contributed by atoms with Crippen LogP contribution in [0.2, 0.25) is 0 Å². The summed E-state index contributed by atoms with van der Waals surface area (Å²) in [5.41, 5.74) is 2.98. The first-order chi connectivity index (χ1) is 10.7. The van der Waals surface area contributed by atoms with Crippen molar-refractivity contribution in [1.82, 2.24) is 0 Å². The highest BCUT2D eigenvalue weighted by molar-refractivity contribution is 5.15. The third-order valence-corrected chi connectivity index (χ3v) is 8.02. The van der Waals surface area contributed by atoms with Crippen LogP contribution in [0.5, 0.6) is 0 Å². The minimum absolute atomic E-state index is 0.276. The van der Waals surface area contributed by atoms with Crippen molar-refractivity contribution < 1.29 is 0 Å². The number of allylic oxidation sites excluding steroid dienone is 2. The lowest BCUT2D eigenvalue weighted by Crippen LogP contribution is -2.37. The second-order valence-corrected chi connectivity index (χ2v) is 10.6. The van der Waals surface area contributed by atoms with Crippen molar-refractivity contribution in [3.8, 4) is 0 Å². The van der Waals surface area contributed by atoms with Gasteiger partial charge in [0, 0.05) is 0 Å². The van der Waals surface area contributed by atoms with Gasteiger partial charge in [-0.25, -0.2) is 0 Å². The molecule has 0 aromatic heterocycles. The van der Waals surface area contributed by atoms with Crippen molar-refractivity contribution in [3.63, 3.8) is 0 Å². The van der Waals surface area contributed by atoms with Crippen molar-refractivity contribution in [2.45, 2.75) is 115 Å². The normalized spacial score (nSPS) is 16.4. The van der Waals surface area contributed by atoms with Crippen LogP contribution in [0.3, 0.4) is 0 Å². The second-order valence-electron chi connectivity index (χ2n) is 10.6. The third kappa shape index (κ3) is 5.12. The van der Waals surface area contributed by atoms with E-state index in [1.165, 1.54) is 32.1 Å². The van der Waals surface area contributed by atoms with Crippen LogP contribution in [0.15, 0.2) is 11.6 Å². The molecule has 1 unspecified atom stereocenters. The molecule has 144 valence electrons. The van der Waals surface area contributed by atoms with Crippen molar-refractivity contribution in [3.05, 3.63) is 11.6 Å². The Hall–Kier alpha value is -0.260. The fraction of sp³-hybridized carbons (Fsp3) is 0.917. The highest BCUT2D eigenvalue weighted by atomic mass is 14.5. The molecule has 0 aliphatic carbocycles. The molecule has 0 spiro atoms. The minimum Gasteiger partial charge on any atom is -0.0879 e. The first kappa shape index (κ1) is 23.7. The van der Waals surface area contributed by atoms with Gasteiger partial charge in [0.2, 0.25) is 0 Å². The van der Waals surface area contributed by atoms with Crippen molar-refractivity contribution in [2.75, 3.05) is 0 Å². The van der Waals surface area contributed by atoms with E-state index < -0.39 is 0 Å². The largest absolute Gasteiger partial charge is 0.0879 e. The van der Waals surface area contributed by atoms with Gasteiger partial charge in [0.15, 0.2) is 0 Å². The zero-order chi connectivity index (χ0) is 19.4. The van der Waals surface area contributed by atoms with Gasteiger partial charge < -0.3 is 0 Å². The van der Waals surface area contributed by atoms with Crippen LogP contribution in [0, 0.1) is 27.6 Å². The molecule has 0 rings (SSSR count). The molecule has 1 atom stereocenters. The summed E-state index contributed by atoms with van der Waals surface area (Å²) in [5, 5.41) is 0. The Morgan fingerprint density at radius 1 is 0.875 bits per heavy atom. The van der Waals surface area contributed by atoms with Crippen LogP contribution in [0.25, 0.3) is 0 Å². The molecule has 24 heavy (non-hydrogen) atoms. The summed E-state index contributed by atoms with van der Waals surface area (Å²) in [6, 6.07) is 0. The molecule has 0 amide bonds. The van der Waals surface area contributed by atoms with Gasteiger partial charge in [-0.1, -0.05) is 101 Å². The minimum atomic E-state index is 0.276. The third-order valence-electron chi connectivity index (χ3n) is 8.02. The maximum Gasteiger partial charge on any atom is -0.00938 e. The van der Waals surface area contributed by atoms with Crippen LogP contribution in [0.1, 0.15) is 115 Å². The quantitative estimate of drug-likeness (QED) is 0.369. The van der Waals surface area contributed by atoms with Gasteiger partial charge in [0.05, 0.1) is 0 Å². The van der Waals surface area contributed by atoms with Crippen LogP contribution in [-0.2, 0) is 0 Å². The zero-order valence-electron chi connectivity index (χ0n) is 19.2. The van der Waals surface area contributed by atoms with Gasteiger partial charge >= 0.3 is 0 Å². The summed E-state index contributed by atoms with van der Waals surface area (Å²) in [5.74, 6) is 0.809. The maximum atomic E-state index is 2.48. The lowest BCUT2D eigenvalue weighted by molar-refractivity contribution is 0.0403. The van der Waals surface area contributed by atoms with Gasteiger partial charge in [-0.15, -0.1) is 0 Å². The summed E-state index contributed by atoms with van der Waals surface area (Å²) >= 11 is 0. The molecule has 0 saturated carbocycles. The Morgan fingerprint density at radius 2 is 1.38 bits per heavy atom. The maximum absolute atomic E-state index is 2.48. The van der Waals surface area contributed by atoms with Crippen LogP contribution < -0.4 is 0 Å². The van der Waals surface area contributed by atoms with Gasteiger partial charge in [0.25, 0.3) is 0 Å². The van der Waals surface area contributed by atoms with Gasteiger partial charge in [-0.2, -0.15) is 0 Å². The summed E-state index contributed by atoms with van der Waals surface area (Å²) in [6.45, 7) is 28.9. The van der Waals surface area contributed by atoms with E-state index >= 15 is 0 Å². The number of rotatable bonds is 9. The molecule has 0 nitrogen and oxygen atoms in total. The lowest BCUT2D eigenvalue weighted by Gasteiger charge is -2.47. The Bertz CT molecular complexity index is 398. The molecule has 0 heteroatoms. The average Bonchev–Trinajstić information content (AvgIpc) is 2.42. The van der Waals surface area contributed by atoms with Crippen LogP contribution in [0.4, 0.5) is 0 Å². The summed E-state index contributed by atoms with van der Waals surface area (Å²) in [6.07, 6.45) is 8.82. The first-order valence-corrected chi connectivity index (χ1v) is 10.3. The van der Waals surface area contributed by atoms with Gasteiger partial charge in [-0.05, 0) is 53.8 Å². The van der Waals surface area contributed by atoms with Crippen molar-refractivity contribution in [1.29, 1.82) is 0 Å². The number of hydrogen-bond acceptors (Lipinski definition) is 0. The lowest BCUT2D eigenvalue weighted by atomic mass is 9.58. The van der Waals surface area contributed by atoms with E-state index in [2.05, 4.69) is 89.2 Å². The fourth-order valence-electron chi connectivity index (χ4n) is 4.23. The Morgan fingerprint density at radius 3 is 1.71 bits per heavy atom. The standard InChI is InChI=1S/C24H48/c1-13-19(14-2)24(11,12)22(7,8)18-16-17-20(15-3)23(9,10)21(4,5)6/h13,20H,14-18H2,1-12H3. The smallest absolute Gasteiger partial charge is 0.00938 e. The van der Waals surface area contributed by atoms with Gasteiger partial charge in [-0.3, -0.25) is 0 Å². The highest BCUT2D eigenvalue weighted by Gasteiger charge is 2.41. The molecule has 0 aliphatic rings. The SMILES string of the molecule is CC=C(CC)C(C)(C)C(C)(C)CCCC(CC)C(C)(C)C(C)(C)C. The van der Waals surface area contributed by atoms with Crippen molar-refractivity contribution in [2.24, 2.45) is 27.6 Å². The fourth-order valence-corrected chi connectivity index (χ4v) is 4.23.